The van der Waals surface area contributed by atoms with Crippen LogP contribution in [-0.2, 0) is 11.2 Å². The monoisotopic (exact) mass is 250 g/mol. The van der Waals surface area contributed by atoms with Crippen LogP contribution in [0.4, 0.5) is 0 Å². The lowest BCUT2D eigenvalue weighted by Crippen LogP contribution is -2.47. The SMILES string of the molecule is NCC1(C(=O)NCCc2ccco2)CCCCC1. The molecule has 1 saturated carbocycles. The average molecular weight is 250 g/mol. The number of rotatable bonds is 5. The van der Waals surface area contributed by atoms with Crippen LogP contribution in [0.25, 0.3) is 0 Å². The van der Waals surface area contributed by atoms with E-state index in [9.17, 15) is 4.79 Å². The fourth-order valence-electron chi connectivity index (χ4n) is 2.69. The highest BCUT2D eigenvalue weighted by Crippen LogP contribution is 2.35. The third kappa shape index (κ3) is 2.93. The maximum atomic E-state index is 12.3. The highest BCUT2D eigenvalue weighted by atomic mass is 16.3. The number of nitrogens with one attached hydrogen (secondary N) is 1. The molecule has 1 aromatic heterocycles. The van der Waals surface area contributed by atoms with Gasteiger partial charge in [-0.2, -0.15) is 0 Å². The molecule has 3 N–H and O–H groups in total. The number of hydrogen-bond acceptors (Lipinski definition) is 3. The number of carbonyl (C=O) groups is 1. The molecule has 0 bridgehead atoms. The van der Waals surface area contributed by atoms with Gasteiger partial charge in [0.15, 0.2) is 0 Å². The lowest BCUT2D eigenvalue weighted by Gasteiger charge is -2.34. The Morgan fingerprint density at radius 2 is 2.17 bits per heavy atom. The first-order valence-electron chi connectivity index (χ1n) is 6.78. The Balaban J connectivity index is 1.82. The Hall–Kier alpha value is -1.29. The topological polar surface area (TPSA) is 68.3 Å². The fraction of sp³-hybridized carbons (Fsp3) is 0.643. The van der Waals surface area contributed by atoms with Gasteiger partial charge in [0.1, 0.15) is 5.76 Å². The van der Waals surface area contributed by atoms with Crippen molar-refractivity contribution in [1.82, 2.24) is 5.32 Å². The summed E-state index contributed by atoms with van der Waals surface area (Å²) in [6, 6.07) is 3.78. The van der Waals surface area contributed by atoms with E-state index in [0.29, 0.717) is 13.1 Å². The van der Waals surface area contributed by atoms with Crippen LogP contribution in [0, 0.1) is 5.41 Å². The summed E-state index contributed by atoms with van der Waals surface area (Å²) in [5, 5.41) is 3.00. The molecular weight excluding hydrogens is 228 g/mol. The zero-order valence-corrected chi connectivity index (χ0v) is 10.8. The van der Waals surface area contributed by atoms with E-state index in [1.165, 1.54) is 6.42 Å². The molecule has 0 atom stereocenters. The van der Waals surface area contributed by atoms with E-state index in [1.54, 1.807) is 6.26 Å². The van der Waals surface area contributed by atoms with Gasteiger partial charge < -0.3 is 15.5 Å². The van der Waals surface area contributed by atoms with Gasteiger partial charge in [0.25, 0.3) is 0 Å². The first-order chi connectivity index (χ1) is 8.77. The second kappa shape index (κ2) is 6.05. The molecule has 1 fully saturated rings. The predicted octanol–water partition coefficient (Wildman–Crippen LogP) is 1.85. The van der Waals surface area contributed by atoms with Gasteiger partial charge in [-0.15, -0.1) is 0 Å². The molecule has 0 radical (unpaired) electrons. The van der Waals surface area contributed by atoms with Crippen molar-refractivity contribution in [3.63, 3.8) is 0 Å². The molecule has 1 aliphatic rings. The van der Waals surface area contributed by atoms with E-state index < -0.39 is 0 Å². The van der Waals surface area contributed by atoms with Crippen LogP contribution in [-0.4, -0.2) is 19.0 Å². The molecule has 0 saturated heterocycles. The van der Waals surface area contributed by atoms with Crippen molar-refractivity contribution in [1.29, 1.82) is 0 Å². The van der Waals surface area contributed by atoms with Crippen molar-refractivity contribution in [2.75, 3.05) is 13.1 Å². The van der Waals surface area contributed by atoms with Gasteiger partial charge in [-0.1, -0.05) is 19.3 Å². The smallest absolute Gasteiger partial charge is 0.227 e. The van der Waals surface area contributed by atoms with Crippen LogP contribution in [0.15, 0.2) is 22.8 Å². The van der Waals surface area contributed by atoms with Crippen LogP contribution in [0.3, 0.4) is 0 Å². The highest BCUT2D eigenvalue weighted by Gasteiger charge is 2.37. The quantitative estimate of drug-likeness (QED) is 0.838. The molecule has 0 aromatic carbocycles. The third-order valence-electron chi connectivity index (χ3n) is 3.92. The van der Waals surface area contributed by atoms with E-state index in [1.807, 2.05) is 12.1 Å². The van der Waals surface area contributed by atoms with Crippen molar-refractivity contribution < 1.29 is 9.21 Å². The minimum Gasteiger partial charge on any atom is -0.469 e. The summed E-state index contributed by atoms with van der Waals surface area (Å²) in [7, 11) is 0. The second-order valence-corrected chi connectivity index (χ2v) is 5.13. The standard InChI is InChI=1S/C14H22N2O2/c15-11-14(7-2-1-3-8-14)13(17)16-9-6-12-5-4-10-18-12/h4-5,10H,1-3,6-9,11,15H2,(H,16,17). The van der Waals surface area contributed by atoms with Gasteiger partial charge >= 0.3 is 0 Å². The van der Waals surface area contributed by atoms with Crippen LogP contribution in [0.5, 0.6) is 0 Å². The molecule has 0 unspecified atom stereocenters. The van der Waals surface area contributed by atoms with Gasteiger partial charge in [0.2, 0.25) is 5.91 Å². The lowest BCUT2D eigenvalue weighted by atomic mass is 9.73. The molecule has 1 heterocycles. The summed E-state index contributed by atoms with van der Waals surface area (Å²) in [6.45, 7) is 1.08. The molecule has 2 rings (SSSR count). The van der Waals surface area contributed by atoms with E-state index in [2.05, 4.69) is 5.32 Å². The maximum Gasteiger partial charge on any atom is 0.227 e. The Labute approximate surface area is 108 Å². The molecule has 0 spiro atoms. The summed E-state index contributed by atoms with van der Waals surface area (Å²) in [4.78, 5) is 12.3. The van der Waals surface area contributed by atoms with Gasteiger partial charge in [0, 0.05) is 19.5 Å². The van der Waals surface area contributed by atoms with Crippen LogP contribution in [0.2, 0.25) is 0 Å². The lowest BCUT2D eigenvalue weighted by molar-refractivity contribution is -0.132. The maximum absolute atomic E-state index is 12.3. The molecule has 1 aliphatic carbocycles. The number of nitrogens with two attached hydrogens (primary N) is 1. The number of hydrogen-bond donors (Lipinski definition) is 2. The van der Waals surface area contributed by atoms with Crippen LogP contribution in [0.1, 0.15) is 37.9 Å². The first-order valence-corrected chi connectivity index (χ1v) is 6.78. The Bertz CT molecular complexity index is 367. The zero-order valence-electron chi connectivity index (χ0n) is 10.8. The third-order valence-corrected chi connectivity index (χ3v) is 3.92. The largest absolute Gasteiger partial charge is 0.469 e. The van der Waals surface area contributed by atoms with Gasteiger partial charge in [-0.3, -0.25) is 4.79 Å². The molecule has 1 aromatic rings. The second-order valence-electron chi connectivity index (χ2n) is 5.13. The zero-order chi connectivity index (χ0) is 12.8. The minimum absolute atomic E-state index is 0.122. The average Bonchev–Trinajstić information content (AvgIpc) is 2.92. The van der Waals surface area contributed by atoms with Crippen molar-refractivity contribution in [3.05, 3.63) is 24.2 Å². The molecule has 100 valence electrons. The molecule has 4 nitrogen and oxygen atoms in total. The number of amides is 1. The number of carbonyl (C=O) groups excluding carboxylic acids is 1. The Kier molecular flexibility index (Phi) is 4.42. The summed E-state index contributed by atoms with van der Waals surface area (Å²) in [5.41, 5.74) is 5.51. The molecule has 1 amide bonds. The van der Waals surface area contributed by atoms with Crippen LogP contribution < -0.4 is 11.1 Å². The summed E-state index contributed by atoms with van der Waals surface area (Å²) < 4.78 is 5.24. The van der Waals surface area contributed by atoms with Crippen molar-refractivity contribution >= 4 is 5.91 Å². The van der Waals surface area contributed by atoms with Gasteiger partial charge in [0.05, 0.1) is 11.7 Å². The molecule has 4 heteroatoms. The van der Waals surface area contributed by atoms with Crippen molar-refractivity contribution in [3.8, 4) is 0 Å². The molecule has 0 aliphatic heterocycles. The Morgan fingerprint density at radius 3 is 2.78 bits per heavy atom. The van der Waals surface area contributed by atoms with Gasteiger partial charge in [-0.25, -0.2) is 0 Å². The van der Waals surface area contributed by atoms with Crippen molar-refractivity contribution in [2.24, 2.45) is 11.1 Å². The van der Waals surface area contributed by atoms with Gasteiger partial charge in [-0.05, 0) is 25.0 Å². The predicted molar refractivity (Wildman–Crippen MR) is 70.0 cm³/mol. The Morgan fingerprint density at radius 1 is 1.39 bits per heavy atom. The van der Waals surface area contributed by atoms with Crippen molar-refractivity contribution in [2.45, 2.75) is 38.5 Å². The van der Waals surface area contributed by atoms with E-state index in [-0.39, 0.29) is 11.3 Å². The highest BCUT2D eigenvalue weighted by molar-refractivity contribution is 5.83. The normalized spacial score (nSPS) is 18.5. The van der Waals surface area contributed by atoms with E-state index in [4.69, 9.17) is 10.2 Å². The summed E-state index contributed by atoms with van der Waals surface area (Å²) in [5.74, 6) is 1.02. The number of furan rings is 1. The minimum atomic E-state index is -0.318. The fourth-order valence-corrected chi connectivity index (χ4v) is 2.69. The molecule has 18 heavy (non-hydrogen) atoms. The van der Waals surface area contributed by atoms with E-state index in [0.717, 1.165) is 37.9 Å². The summed E-state index contributed by atoms with van der Waals surface area (Å²) >= 11 is 0. The van der Waals surface area contributed by atoms with E-state index >= 15 is 0 Å². The summed E-state index contributed by atoms with van der Waals surface area (Å²) in [6.07, 6.45) is 7.69. The first kappa shape index (κ1) is 13.1. The molecular formula is C14H22N2O2. The van der Waals surface area contributed by atoms with Crippen LogP contribution >= 0.6 is 0 Å².